The molecule has 2 aliphatic carbocycles. The summed E-state index contributed by atoms with van der Waals surface area (Å²) >= 11 is 12.5. The highest BCUT2D eigenvalue weighted by atomic mass is 35.5. The highest BCUT2D eigenvalue weighted by molar-refractivity contribution is 6.46. The Hall–Kier alpha value is -1.86. The first-order valence-corrected chi connectivity index (χ1v) is 12.0. The Kier molecular flexibility index (Phi) is 7.71. The number of allylic oxidation sites excluding steroid dienone is 2. The fraction of sp³-hybridized carbons (Fsp3) is 0.481. The summed E-state index contributed by atoms with van der Waals surface area (Å²) in [5.74, 6) is 0.515. The summed E-state index contributed by atoms with van der Waals surface area (Å²) in [6, 6.07) is 5.23. The SMILES string of the molecule is CC(=O)/C(=N\C1(NC(C)C2=CC=C=C=C2)CCC(C(C)(C)C)CC1)c1cc(Cl)cc(Cl)c1. The lowest BCUT2D eigenvalue weighted by Gasteiger charge is -2.44. The fourth-order valence-corrected chi connectivity index (χ4v) is 5.14. The van der Waals surface area contributed by atoms with Crippen molar-refractivity contribution in [1.82, 2.24) is 5.32 Å². The van der Waals surface area contributed by atoms with E-state index in [0.29, 0.717) is 27.2 Å². The van der Waals surface area contributed by atoms with Crippen LogP contribution in [0.4, 0.5) is 0 Å². The average molecular weight is 471 g/mol. The zero-order valence-electron chi connectivity index (χ0n) is 19.6. The predicted octanol–water partition coefficient (Wildman–Crippen LogP) is 7.09. The van der Waals surface area contributed by atoms with Gasteiger partial charge >= 0.3 is 0 Å². The van der Waals surface area contributed by atoms with E-state index in [0.717, 1.165) is 31.3 Å². The standard InChI is InChI=1S/C27H32Cl2N2O/c1-18(20-9-7-6-8-10-20)30-27(13-11-22(12-14-27)26(3,4)5)31-25(19(2)32)21-15-23(28)17-24(29)16-21/h7,9-10,15-18,22,30H,11-14H2,1-5H3/b31-25+. The molecule has 3 rings (SSSR count). The third-order valence-electron chi connectivity index (χ3n) is 6.50. The van der Waals surface area contributed by atoms with Crippen LogP contribution in [0.5, 0.6) is 0 Å². The van der Waals surface area contributed by atoms with Gasteiger partial charge in [-0.05, 0) is 85.9 Å². The topological polar surface area (TPSA) is 41.5 Å². The van der Waals surface area contributed by atoms with Crippen LogP contribution in [0.2, 0.25) is 10.0 Å². The molecular formula is C27H32Cl2N2O. The normalized spacial score (nSPS) is 24.4. The largest absolute Gasteiger partial charge is 0.293 e. The van der Waals surface area contributed by atoms with Crippen molar-refractivity contribution in [2.75, 3.05) is 0 Å². The van der Waals surface area contributed by atoms with Crippen molar-refractivity contribution in [2.45, 2.75) is 72.0 Å². The highest BCUT2D eigenvalue weighted by Gasteiger charge is 2.40. The summed E-state index contributed by atoms with van der Waals surface area (Å²) in [6.07, 6.45) is 9.65. The third-order valence-corrected chi connectivity index (χ3v) is 6.94. The minimum absolute atomic E-state index is 0.0481. The van der Waals surface area contributed by atoms with Gasteiger partial charge in [-0.15, -0.1) is 0 Å². The maximum absolute atomic E-state index is 12.7. The van der Waals surface area contributed by atoms with Crippen molar-refractivity contribution in [3.05, 3.63) is 69.1 Å². The number of carbonyl (C=O) groups is 1. The van der Waals surface area contributed by atoms with Gasteiger partial charge in [0.1, 0.15) is 11.4 Å². The van der Waals surface area contributed by atoms with Crippen molar-refractivity contribution in [1.29, 1.82) is 0 Å². The number of Topliss-reactive ketones (excluding diaryl/α,β-unsaturated/α-hetero) is 1. The molecule has 5 heteroatoms. The van der Waals surface area contributed by atoms with Gasteiger partial charge in [0.15, 0.2) is 5.78 Å². The molecule has 3 nitrogen and oxygen atoms in total. The molecule has 1 atom stereocenters. The molecule has 0 saturated heterocycles. The second kappa shape index (κ2) is 9.96. The van der Waals surface area contributed by atoms with E-state index >= 15 is 0 Å². The monoisotopic (exact) mass is 470 g/mol. The number of hydrogen-bond donors (Lipinski definition) is 1. The second-order valence-corrected chi connectivity index (χ2v) is 10.9. The van der Waals surface area contributed by atoms with Crippen LogP contribution in [0, 0.1) is 11.3 Å². The number of hydrogen-bond acceptors (Lipinski definition) is 3. The predicted molar refractivity (Wildman–Crippen MR) is 135 cm³/mol. The lowest BCUT2D eigenvalue weighted by atomic mass is 9.69. The van der Waals surface area contributed by atoms with Crippen LogP contribution in [-0.4, -0.2) is 23.2 Å². The number of aliphatic imine (C=N–C) groups is 1. The lowest BCUT2D eigenvalue weighted by Crippen LogP contribution is -2.52. The summed E-state index contributed by atoms with van der Waals surface area (Å²) in [5.41, 5.74) is 7.87. The Morgan fingerprint density at radius 2 is 1.78 bits per heavy atom. The first kappa shape index (κ1) is 24.8. The summed E-state index contributed by atoms with van der Waals surface area (Å²) in [6.45, 7) is 10.6. The molecule has 0 spiro atoms. The zero-order chi connectivity index (χ0) is 23.5. The van der Waals surface area contributed by atoms with E-state index < -0.39 is 5.66 Å². The molecule has 1 unspecified atom stereocenters. The Morgan fingerprint density at radius 3 is 2.28 bits per heavy atom. The van der Waals surface area contributed by atoms with E-state index in [-0.39, 0.29) is 17.2 Å². The smallest absolute Gasteiger partial charge is 0.178 e. The van der Waals surface area contributed by atoms with Gasteiger partial charge in [0.25, 0.3) is 0 Å². The van der Waals surface area contributed by atoms with Crippen molar-refractivity contribution < 1.29 is 4.79 Å². The van der Waals surface area contributed by atoms with Gasteiger partial charge in [-0.1, -0.05) is 55.4 Å². The van der Waals surface area contributed by atoms with Crippen LogP contribution in [-0.2, 0) is 4.79 Å². The van der Waals surface area contributed by atoms with E-state index in [1.807, 2.05) is 18.2 Å². The molecule has 2 aliphatic rings. The molecule has 1 aromatic rings. The van der Waals surface area contributed by atoms with E-state index in [9.17, 15) is 4.79 Å². The van der Waals surface area contributed by atoms with Gasteiger partial charge in [0.2, 0.25) is 0 Å². The molecule has 0 aliphatic heterocycles. The molecular weight excluding hydrogens is 439 g/mol. The number of carbonyl (C=O) groups excluding carboxylic acids is 1. The zero-order valence-corrected chi connectivity index (χ0v) is 21.1. The highest BCUT2D eigenvalue weighted by Crippen LogP contribution is 2.42. The Morgan fingerprint density at radius 1 is 1.16 bits per heavy atom. The van der Waals surface area contributed by atoms with Gasteiger partial charge in [0.05, 0.1) is 0 Å². The van der Waals surface area contributed by atoms with Crippen molar-refractivity contribution >= 4 is 34.7 Å². The maximum atomic E-state index is 12.7. The van der Waals surface area contributed by atoms with Gasteiger partial charge in [-0.3, -0.25) is 15.1 Å². The molecule has 1 N–H and O–H groups in total. The third kappa shape index (κ3) is 6.13. The molecule has 1 saturated carbocycles. The lowest BCUT2D eigenvalue weighted by molar-refractivity contribution is -0.111. The summed E-state index contributed by atoms with van der Waals surface area (Å²) in [7, 11) is 0. The Balaban J connectivity index is 2.00. The molecule has 0 amide bonds. The van der Waals surface area contributed by atoms with Crippen molar-refractivity contribution in [3.8, 4) is 0 Å². The fourth-order valence-electron chi connectivity index (χ4n) is 4.62. The minimum Gasteiger partial charge on any atom is -0.293 e. The minimum atomic E-state index is -0.545. The van der Waals surface area contributed by atoms with Gasteiger partial charge in [-0.2, -0.15) is 0 Å². The molecule has 0 radical (unpaired) electrons. The van der Waals surface area contributed by atoms with E-state index in [4.69, 9.17) is 28.2 Å². The van der Waals surface area contributed by atoms with Gasteiger partial charge in [0, 0.05) is 28.6 Å². The molecule has 1 aromatic carbocycles. The van der Waals surface area contributed by atoms with Gasteiger partial charge in [-0.25, -0.2) is 0 Å². The number of halogens is 2. The van der Waals surface area contributed by atoms with E-state index in [1.165, 1.54) is 0 Å². The number of rotatable bonds is 6. The number of ketones is 1. The van der Waals surface area contributed by atoms with Crippen LogP contribution >= 0.6 is 23.2 Å². The van der Waals surface area contributed by atoms with Crippen molar-refractivity contribution in [3.63, 3.8) is 0 Å². The number of nitrogens with zero attached hydrogens (tertiary/aromatic N) is 1. The Bertz CT molecular complexity index is 1020. The first-order chi connectivity index (χ1) is 15.0. The maximum Gasteiger partial charge on any atom is 0.178 e. The van der Waals surface area contributed by atoms with E-state index in [1.54, 1.807) is 25.1 Å². The average Bonchev–Trinajstić information content (AvgIpc) is 2.71. The van der Waals surface area contributed by atoms with Gasteiger partial charge < -0.3 is 0 Å². The molecule has 32 heavy (non-hydrogen) atoms. The molecule has 0 aromatic heterocycles. The van der Waals surface area contributed by atoms with Crippen LogP contribution in [0.3, 0.4) is 0 Å². The molecule has 1 fully saturated rings. The summed E-state index contributed by atoms with van der Waals surface area (Å²) in [5, 5.41) is 4.75. The van der Waals surface area contributed by atoms with E-state index in [2.05, 4.69) is 44.5 Å². The van der Waals surface area contributed by atoms with Crippen LogP contribution in [0.1, 0.15) is 65.9 Å². The van der Waals surface area contributed by atoms with Crippen molar-refractivity contribution in [2.24, 2.45) is 16.3 Å². The molecule has 0 bridgehead atoms. The summed E-state index contributed by atoms with van der Waals surface area (Å²) < 4.78 is 0. The van der Waals surface area contributed by atoms with Crippen LogP contribution < -0.4 is 5.32 Å². The first-order valence-electron chi connectivity index (χ1n) is 11.2. The van der Waals surface area contributed by atoms with Crippen LogP contribution in [0.25, 0.3) is 0 Å². The number of nitrogens with one attached hydrogen (secondary N) is 1. The Labute approximate surface area is 202 Å². The second-order valence-electron chi connectivity index (χ2n) is 9.98. The summed E-state index contributed by atoms with van der Waals surface area (Å²) in [4.78, 5) is 17.8. The number of benzene rings is 1. The van der Waals surface area contributed by atoms with Crippen LogP contribution in [0.15, 0.2) is 58.5 Å². The molecule has 0 heterocycles. The molecule has 170 valence electrons. The quantitative estimate of drug-likeness (QED) is 0.356.